The van der Waals surface area contributed by atoms with E-state index in [1.807, 2.05) is 0 Å². The van der Waals surface area contributed by atoms with Crippen LogP contribution in [-0.4, -0.2) is 26.4 Å². The minimum atomic E-state index is -1.24. The summed E-state index contributed by atoms with van der Waals surface area (Å²) >= 11 is 0. The molecule has 1 aromatic rings. The Morgan fingerprint density at radius 2 is 1.24 bits per heavy atom. The molecule has 0 nitrogen and oxygen atoms in total. The first-order valence-corrected chi connectivity index (χ1v) is 14.2. The highest BCUT2D eigenvalue weighted by Crippen LogP contribution is 2.08. The highest BCUT2D eigenvalue weighted by Gasteiger charge is 2.22. The van der Waals surface area contributed by atoms with E-state index in [-0.39, 0.29) is 0 Å². The second-order valence-corrected chi connectivity index (χ2v) is 17.3. The summed E-state index contributed by atoms with van der Waals surface area (Å²) in [6.45, 7) is 14.5. The molecule has 0 unspecified atom stereocenters. The molecule has 0 saturated heterocycles. The third-order valence-electron chi connectivity index (χ3n) is 2.93. The van der Waals surface area contributed by atoms with Crippen LogP contribution in [0, 0.1) is 11.5 Å². The van der Waals surface area contributed by atoms with Crippen LogP contribution in [0.4, 0.5) is 0 Å². The first-order chi connectivity index (χ1) is 7.64. The van der Waals surface area contributed by atoms with Crippen LogP contribution in [0.3, 0.4) is 0 Å². The first kappa shape index (κ1) is 14.5. The van der Waals surface area contributed by atoms with Crippen molar-refractivity contribution in [1.29, 1.82) is 0 Å². The zero-order chi connectivity index (χ0) is 13.3. The molecule has 0 fully saturated rings. The van der Waals surface area contributed by atoms with E-state index in [2.05, 4.69) is 68.9 Å². The summed E-state index contributed by atoms with van der Waals surface area (Å²) in [5, 5.41) is 3.11. The van der Waals surface area contributed by atoms with Crippen LogP contribution in [0.1, 0.15) is 5.56 Å². The van der Waals surface area contributed by atoms with Gasteiger partial charge in [0.1, 0.15) is 0 Å². The fourth-order valence-electron chi connectivity index (χ4n) is 1.71. The van der Waals surface area contributed by atoms with Crippen molar-refractivity contribution in [3.63, 3.8) is 0 Å². The molecule has 0 aromatic heterocycles. The van der Waals surface area contributed by atoms with E-state index in [4.69, 9.17) is 0 Å². The molecule has 0 saturated carbocycles. The predicted molar refractivity (Wildman–Crippen MR) is 89.2 cm³/mol. The Balaban J connectivity index is 3.43. The van der Waals surface area contributed by atoms with Gasteiger partial charge in [-0.1, -0.05) is 61.6 Å². The standard InChI is InChI=1S/C14H24Si3/c1-16(2,3)13-9-12(7-8-15)10-14(11-13)17(4,5)6/h9-11H,1-6,15H3. The van der Waals surface area contributed by atoms with E-state index in [1.54, 1.807) is 10.4 Å². The van der Waals surface area contributed by atoms with Crippen LogP contribution in [0.15, 0.2) is 18.2 Å². The molecule has 1 aromatic carbocycles. The normalized spacial score (nSPS) is 12.1. The third kappa shape index (κ3) is 3.98. The number of hydrogen-bond donors (Lipinski definition) is 0. The maximum absolute atomic E-state index is 3.29. The van der Waals surface area contributed by atoms with Crippen LogP contribution in [0.25, 0.3) is 0 Å². The maximum atomic E-state index is 3.29. The predicted octanol–water partition coefficient (Wildman–Crippen LogP) is 1.45. The molecule has 3 heteroatoms. The Labute approximate surface area is 111 Å². The van der Waals surface area contributed by atoms with Gasteiger partial charge in [0.2, 0.25) is 0 Å². The molecule has 17 heavy (non-hydrogen) atoms. The summed E-state index contributed by atoms with van der Waals surface area (Å²) in [6.07, 6.45) is 0. The van der Waals surface area contributed by atoms with Crippen molar-refractivity contribution >= 4 is 36.8 Å². The zero-order valence-corrected chi connectivity index (χ0v) is 16.2. The largest absolute Gasteiger partial charge is 0.138 e. The van der Waals surface area contributed by atoms with Gasteiger partial charge < -0.3 is 0 Å². The molecular weight excluding hydrogens is 252 g/mol. The lowest BCUT2D eigenvalue weighted by Crippen LogP contribution is -2.45. The van der Waals surface area contributed by atoms with Crippen molar-refractivity contribution < 1.29 is 0 Å². The molecule has 0 amide bonds. The average molecular weight is 277 g/mol. The highest BCUT2D eigenvalue weighted by atomic mass is 28.3. The van der Waals surface area contributed by atoms with Gasteiger partial charge in [-0.25, -0.2) is 0 Å². The van der Waals surface area contributed by atoms with Gasteiger partial charge in [-0.05, 0) is 12.1 Å². The van der Waals surface area contributed by atoms with Crippen LogP contribution in [-0.2, 0) is 0 Å². The Bertz CT molecular complexity index is 433. The molecule has 0 bridgehead atoms. The van der Waals surface area contributed by atoms with E-state index < -0.39 is 16.1 Å². The minimum absolute atomic E-state index is 0.960. The number of rotatable bonds is 2. The molecular formula is C14H24Si3. The molecule has 1 rings (SSSR count). The van der Waals surface area contributed by atoms with Crippen molar-refractivity contribution in [3.8, 4) is 11.5 Å². The van der Waals surface area contributed by atoms with Gasteiger partial charge in [-0.15, -0.1) is 5.54 Å². The van der Waals surface area contributed by atoms with E-state index >= 15 is 0 Å². The molecule has 0 radical (unpaired) electrons. The molecule has 0 atom stereocenters. The summed E-state index contributed by atoms with van der Waals surface area (Å²) in [7, 11) is -1.52. The number of benzene rings is 1. The molecule has 0 spiro atoms. The van der Waals surface area contributed by atoms with Gasteiger partial charge in [0.25, 0.3) is 0 Å². The van der Waals surface area contributed by atoms with E-state index in [0.29, 0.717) is 0 Å². The summed E-state index contributed by atoms with van der Waals surface area (Å²) in [6, 6.07) is 7.10. The van der Waals surface area contributed by atoms with Crippen LogP contribution < -0.4 is 10.4 Å². The van der Waals surface area contributed by atoms with Crippen LogP contribution in [0.2, 0.25) is 39.3 Å². The van der Waals surface area contributed by atoms with Gasteiger partial charge in [0, 0.05) is 5.56 Å². The minimum Gasteiger partial charge on any atom is -0.138 e. The zero-order valence-electron chi connectivity index (χ0n) is 12.2. The lowest BCUT2D eigenvalue weighted by Gasteiger charge is -2.23. The topological polar surface area (TPSA) is 0 Å². The van der Waals surface area contributed by atoms with Crippen molar-refractivity contribution in [1.82, 2.24) is 0 Å². The first-order valence-electron chi connectivity index (χ1n) is 6.23. The van der Waals surface area contributed by atoms with Gasteiger partial charge in [-0.2, -0.15) is 0 Å². The maximum Gasteiger partial charge on any atom is 0.0911 e. The van der Waals surface area contributed by atoms with Crippen molar-refractivity contribution in [2.24, 2.45) is 0 Å². The van der Waals surface area contributed by atoms with Gasteiger partial charge in [-0.3, -0.25) is 0 Å². The quantitative estimate of drug-likeness (QED) is 0.567. The second-order valence-electron chi connectivity index (χ2n) is 6.67. The van der Waals surface area contributed by atoms with E-state index in [0.717, 1.165) is 10.2 Å². The SMILES string of the molecule is C[Si](C)(C)c1cc(C#C[SiH3])cc([Si](C)(C)C)c1. The lowest BCUT2D eigenvalue weighted by molar-refractivity contribution is 1.63. The smallest absolute Gasteiger partial charge is 0.0911 e. The molecule has 0 aliphatic heterocycles. The summed E-state index contributed by atoms with van der Waals surface area (Å²) in [5.74, 6) is 3.29. The van der Waals surface area contributed by atoms with Gasteiger partial charge in [0.05, 0.1) is 26.4 Å². The van der Waals surface area contributed by atoms with Crippen molar-refractivity contribution in [2.75, 3.05) is 0 Å². The Hall–Kier alpha value is -0.569. The fraction of sp³-hybridized carbons (Fsp3) is 0.429. The molecule has 0 N–H and O–H groups in total. The Kier molecular flexibility index (Phi) is 4.24. The van der Waals surface area contributed by atoms with Crippen LogP contribution in [0.5, 0.6) is 0 Å². The molecule has 0 aliphatic rings. The monoisotopic (exact) mass is 276 g/mol. The molecule has 0 aliphatic carbocycles. The highest BCUT2D eigenvalue weighted by molar-refractivity contribution is 6.91. The molecule has 92 valence electrons. The van der Waals surface area contributed by atoms with E-state index in [1.165, 1.54) is 5.56 Å². The lowest BCUT2D eigenvalue weighted by atomic mass is 10.2. The molecule has 0 heterocycles. The summed E-state index contributed by atoms with van der Waals surface area (Å²) in [4.78, 5) is 0. The Morgan fingerprint density at radius 1 is 0.824 bits per heavy atom. The average Bonchev–Trinajstić information content (AvgIpc) is 2.15. The summed E-state index contributed by atoms with van der Waals surface area (Å²) < 4.78 is 0. The third-order valence-corrected chi connectivity index (χ3v) is 7.23. The van der Waals surface area contributed by atoms with Crippen molar-refractivity contribution in [2.45, 2.75) is 39.3 Å². The van der Waals surface area contributed by atoms with E-state index in [9.17, 15) is 0 Å². The Morgan fingerprint density at radius 3 is 1.53 bits per heavy atom. The summed E-state index contributed by atoms with van der Waals surface area (Å²) in [5.41, 5.74) is 4.39. The van der Waals surface area contributed by atoms with Crippen LogP contribution >= 0.6 is 0 Å². The number of hydrogen-bond acceptors (Lipinski definition) is 0. The second kappa shape index (κ2) is 4.97. The van der Waals surface area contributed by atoms with Crippen molar-refractivity contribution in [3.05, 3.63) is 23.8 Å². The fourth-order valence-corrected chi connectivity index (χ4v) is 4.50. The van der Waals surface area contributed by atoms with Gasteiger partial charge in [0.15, 0.2) is 0 Å². The van der Waals surface area contributed by atoms with Gasteiger partial charge >= 0.3 is 0 Å².